The zero-order chi connectivity index (χ0) is 19.7. The van der Waals surface area contributed by atoms with Crippen LogP contribution in [0, 0.1) is 19.7 Å². The van der Waals surface area contributed by atoms with Gasteiger partial charge in [0.1, 0.15) is 11.6 Å². The molecule has 2 aromatic heterocycles. The van der Waals surface area contributed by atoms with Gasteiger partial charge in [-0.15, -0.1) is 0 Å². The monoisotopic (exact) mass is 376 g/mol. The number of nitrogens with one attached hydrogen (secondary N) is 1. The molecule has 2 heterocycles. The van der Waals surface area contributed by atoms with Crippen molar-refractivity contribution in [3.05, 3.63) is 77.6 Å². The van der Waals surface area contributed by atoms with E-state index in [1.807, 2.05) is 48.7 Å². The second-order valence-electron chi connectivity index (χ2n) is 6.69. The summed E-state index contributed by atoms with van der Waals surface area (Å²) in [4.78, 5) is 4.66. The van der Waals surface area contributed by atoms with Gasteiger partial charge in [0, 0.05) is 22.4 Å². The van der Waals surface area contributed by atoms with Crippen molar-refractivity contribution in [3.8, 4) is 28.3 Å². The zero-order valence-electron chi connectivity index (χ0n) is 16.0. The number of aromatic nitrogens is 4. The molecule has 1 N–H and O–H groups in total. The second-order valence-corrected chi connectivity index (χ2v) is 6.69. The number of rotatable bonds is 5. The van der Waals surface area contributed by atoms with Gasteiger partial charge in [-0.05, 0) is 32.0 Å². The van der Waals surface area contributed by atoms with Crippen molar-refractivity contribution in [3.63, 3.8) is 0 Å². The third kappa shape index (κ3) is 3.17. The fraction of sp³-hybridized carbons (Fsp3) is 0.182. The number of hydrogen-bond acceptors (Lipinski definition) is 3. The molecule has 0 unspecified atom stereocenters. The van der Waals surface area contributed by atoms with Gasteiger partial charge in [0.2, 0.25) is 0 Å². The maximum Gasteiger partial charge on any atom is 0.128 e. The summed E-state index contributed by atoms with van der Waals surface area (Å²) in [6.45, 7) is 4.53. The highest BCUT2D eigenvalue weighted by atomic mass is 19.1. The summed E-state index contributed by atoms with van der Waals surface area (Å²) in [5.41, 5.74) is 6.24. The Kier molecular flexibility index (Phi) is 4.69. The Balaban J connectivity index is 1.94. The Morgan fingerprint density at radius 2 is 1.89 bits per heavy atom. The molecule has 0 aliphatic heterocycles. The molecule has 0 bridgehead atoms. The molecule has 142 valence electrons. The predicted molar refractivity (Wildman–Crippen MR) is 107 cm³/mol. The van der Waals surface area contributed by atoms with E-state index in [-0.39, 0.29) is 5.82 Å². The Labute approximate surface area is 162 Å². The van der Waals surface area contributed by atoms with Crippen molar-refractivity contribution < 1.29 is 9.13 Å². The fourth-order valence-electron chi connectivity index (χ4n) is 3.43. The lowest BCUT2D eigenvalue weighted by Crippen LogP contribution is -2.04. The number of aromatic amines is 1. The van der Waals surface area contributed by atoms with Gasteiger partial charge >= 0.3 is 0 Å². The van der Waals surface area contributed by atoms with Crippen LogP contribution in [-0.2, 0) is 6.54 Å². The fourth-order valence-corrected chi connectivity index (χ4v) is 3.43. The number of imidazole rings is 1. The molecule has 0 aliphatic carbocycles. The molecular formula is C22H21FN4O. The van der Waals surface area contributed by atoms with E-state index in [4.69, 9.17) is 4.74 Å². The van der Waals surface area contributed by atoms with Crippen LogP contribution >= 0.6 is 0 Å². The SMILES string of the molecule is COc1ccc(F)cc1-c1c(-c2ccccc2)ncn1Cc1c(C)n[nH]c1C. The molecule has 0 fully saturated rings. The molecule has 0 radical (unpaired) electrons. The summed E-state index contributed by atoms with van der Waals surface area (Å²) in [7, 11) is 1.59. The summed E-state index contributed by atoms with van der Waals surface area (Å²) in [6.07, 6.45) is 1.79. The van der Waals surface area contributed by atoms with Gasteiger partial charge in [-0.25, -0.2) is 9.37 Å². The quantitative estimate of drug-likeness (QED) is 0.547. The predicted octanol–water partition coefficient (Wildman–Crippen LogP) is 4.75. The summed E-state index contributed by atoms with van der Waals surface area (Å²) in [5, 5.41) is 7.30. The molecular weight excluding hydrogens is 355 g/mol. The maximum atomic E-state index is 14.1. The van der Waals surface area contributed by atoms with Crippen LogP contribution in [0.15, 0.2) is 54.9 Å². The minimum atomic E-state index is -0.321. The molecule has 6 heteroatoms. The first-order valence-electron chi connectivity index (χ1n) is 9.03. The summed E-state index contributed by atoms with van der Waals surface area (Å²) in [5.74, 6) is 0.277. The first-order valence-corrected chi connectivity index (χ1v) is 9.03. The van der Waals surface area contributed by atoms with Crippen LogP contribution in [0.25, 0.3) is 22.5 Å². The number of ether oxygens (including phenoxy) is 1. The molecule has 4 rings (SSSR count). The Bertz CT molecular complexity index is 1100. The van der Waals surface area contributed by atoms with E-state index in [9.17, 15) is 4.39 Å². The molecule has 0 amide bonds. The Morgan fingerprint density at radius 1 is 1.11 bits per heavy atom. The Hall–Kier alpha value is -3.41. The van der Waals surface area contributed by atoms with Gasteiger partial charge in [-0.1, -0.05) is 30.3 Å². The first-order chi connectivity index (χ1) is 13.6. The minimum Gasteiger partial charge on any atom is -0.496 e. The summed E-state index contributed by atoms with van der Waals surface area (Å²) in [6, 6.07) is 14.4. The largest absolute Gasteiger partial charge is 0.496 e. The van der Waals surface area contributed by atoms with Crippen LogP contribution in [0.1, 0.15) is 17.0 Å². The second kappa shape index (κ2) is 7.31. The number of aryl methyl sites for hydroxylation is 2. The molecule has 0 saturated carbocycles. The lowest BCUT2D eigenvalue weighted by Gasteiger charge is -2.14. The normalized spacial score (nSPS) is 11.0. The molecule has 0 spiro atoms. The van der Waals surface area contributed by atoms with Gasteiger partial charge < -0.3 is 9.30 Å². The highest BCUT2D eigenvalue weighted by molar-refractivity contribution is 5.82. The highest BCUT2D eigenvalue weighted by Crippen LogP contribution is 2.37. The minimum absolute atomic E-state index is 0.321. The molecule has 4 aromatic rings. The van der Waals surface area contributed by atoms with Crippen LogP contribution in [0.5, 0.6) is 5.75 Å². The third-order valence-electron chi connectivity index (χ3n) is 4.91. The highest BCUT2D eigenvalue weighted by Gasteiger charge is 2.20. The lowest BCUT2D eigenvalue weighted by molar-refractivity contribution is 0.415. The van der Waals surface area contributed by atoms with E-state index < -0.39 is 0 Å². The average molecular weight is 376 g/mol. The van der Waals surface area contributed by atoms with E-state index in [1.54, 1.807) is 19.5 Å². The van der Waals surface area contributed by atoms with E-state index in [0.717, 1.165) is 33.9 Å². The summed E-state index contributed by atoms with van der Waals surface area (Å²) >= 11 is 0. The van der Waals surface area contributed by atoms with E-state index in [0.29, 0.717) is 17.9 Å². The van der Waals surface area contributed by atoms with Crippen molar-refractivity contribution in [2.24, 2.45) is 0 Å². The molecule has 0 aliphatic rings. The van der Waals surface area contributed by atoms with E-state index >= 15 is 0 Å². The van der Waals surface area contributed by atoms with Gasteiger partial charge in [0.15, 0.2) is 0 Å². The van der Waals surface area contributed by atoms with Crippen LogP contribution in [-0.4, -0.2) is 26.9 Å². The van der Waals surface area contributed by atoms with Crippen molar-refractivity contribution in [1.82, 2.24) is 19.7 Å². The number of methoxy groups -OCH3 is 1. The van der Waals surface area contributed by atoms with Crippen LogP contribution in [0.4, 0.5) is 4.39 Å². The van der Waals surface area contributed by atoms with Crippen molar-refractivity contribution >= 4 is 0 Å². The molecule has 2 aromatic carbocycles. The van der Waals surface area contributed by atoms with Crippen LogP contribution < -0.4 is 4.74 Å². The van der Waals surface area contributed by atoms with Gasteiger partial charge in [-0.2, -0.15) is 5.10 Å². The molecule has 28 heavy (non-hydrogen) atoms. The topological polar surface area (TPSA) is 55.7 Å². The van der Waals surface area contributed by atoms with Crippen molar-refractivity contribution in [1.29, 1.82) is 0 Å². The van der Waals surface area contributed by atoms with Gasteiger partial charge in [-0.3, -0.25) is 5.10 Å². The standard InChI is InChI=1S/C22H21FN4O/c1-14-19(15(2)26-25-14)12-27-13-24-21(16-7-5-4-6-8-16)22(27)18-11-17(23)9-10-20(18)28-3/h4-11,13H,12H2,1-3H3,(H,25,26). The lowest BCUT2D eigenvalue weighted by atomic mass is 10.0. The van der Waals surface area contributed by atoms with Crippen molar-refractivity contribution in [2.75, 3.05) is 7.11 Å². The number of nitrogens with zero attached hydrogens (tertiary/aromatic N) is 3. The maximum absolute atomic E-state index is 14.1. The number of hydrogen-bond donors (Lipinski definition) is 1. The average Bonchev–Trinajstić information content (AvgIpc) is 3.27. The third-order valence-corrected chi connectivity index (χ3v) is 4.91. The van der Waals surface area contributed by atoms with Crippen LogP contribution in [0.2, 0.25) is 0 Å². The molecule has 0 saturated heterocycles. The number of halogens is 1. The van der Waals surface area contributed by atoms with E-state index in [2.05, 4.69) is 15.2 Å². The first kappa shape index (κ1) is 18.0. The molecule has 5 nitrogen and oxygen atoms in total. The van der Waals surface area contributed by atoms with E-state index in [1.165, 1.54) is 12.1 Å². The zero-order valence-corrected chi connectivity index (χ0v) is 16.0. The smallest absolute Gasteiger partial charge is 0.128 e. The number of benzene rings is 2. The van der Waals surface area contributed by atoms with Crippen molar-refractivity contribution in [2.45, 2.75) is 20.4 Å². The van der Waals surface area contributed by atoms with Crippen LogP contribution in [0.3, 0.4) is 0 Å². The van der Waals surface area contributed by atoms with Gasteiger partial charge in [0.25, 0.3) is 0 Å². The molecule has 0 atom stereocenters. The Morgan fingerprint density at radius 3 is 2.57 bits per heavy atom. The summed E-state index contributed by atoms with van der Waals surface area (Å²) < 4.78 is 21.7. The van der Waals surface area contributed by atoms with Gasteiger partial charge in [0.05, 0.1) is 37.1 Å². The number of H-pyrrole nitrogens is 1.